The number of carbonyl (C=O) groups excluding carboxylic acids is 3. The highest BCUT2D eigenvalue weighted by Gasteiger charge is 2.42. The fourth-order valence-electron chi connectivity index (χ4n) is 4.70. The molecule has 34 heavy (non-hydrogen) atoms. The van der Waals surface area contributed by atoms with Gasteiger partial charge in [-0.15, -0.1) is 0 Å². The minimum absolute atomic E-state index is 0.146. The quantitative estimate of drug-likeness (QED) is 0.669. The molecule has 0 saturated carbocycles. The van der Waals surface area contributed by atoms with E-state index in [1.54, 1.807) is 24.3 Å². The van der Waals surface area contributed by atoms with Crippen molar-refractivity contribution in [3.8, 4) is 0 Å². The van der Waals surface area contributed by atoms with Gasteiger partial charge in [0.25, 0.3) is 5.91 Å². The minimum Gasteiger partial charge on any atom is -0.378 e. The van der Waals surface area contributed by atoms with Crippen molar-refractivity contribution in [3.63, 3.8) is 0 Å². The Morgan fingerprint density at radius 1 is 0.971 bits per heavy atom. The number of nitrogens with zero attached hydrogens (tertiary/aromatic N) is 2. The van der Waals surface area contributed by atoms with E-state index in [2.05, 4.69) is 27.8 Å². The van der Waals surface area contributed by atoms with Crippen molar-refractivity contribution in [1.29, 1.82) is 0 Å². The summed E-state index contributed by atoms with van der Waals surface area (Å²) in [4.78, 5) is 40.6. The van der Waals surface area contributed by atoms with Crippen molar-refractivity contribution in [1.82, 2.24) is 10.7 Å². The van der Waals surface area contributed by atoms with Gasteiger partial charge >= 0.3 is 0 Å². The fraction of sp³-hybridized carbons (Fsp3) is 0.346. The Bertz CT molecular complexity index is 1110. The number of morpholine rings is 1. The lowest BCUT2D eigenvalue weighted by molar-refractivity contribution is -0.139. The lowest BCUT2D eigenvalue weighted by Gasteiger charge is -2.38. The molecule has 2 atom stereocenters. The third kappa shape index (κ3) is 4.54. The molecule has 5 rings (SSSR count). The van der Waals surface area contributed by atoms with Crippen molar-refractivity contribution < 1.29 is 19.1 Å². The molecule has 2 aliphatic heterocycles. The van der Waals surface area contributed by atoms with Crippen LogP contribution in [0.2, 0.25) is 0 Å². The summed E-state index contributed by atoms with van der Waals surface area (Å²) in [7, 11) is 0. The molecule has 3 aliphatic rings. The van der Waals surface area contributed by atoms with E-state index in [0.29, 0.717) is 30.6 Å². The molecule has 2 heterocycles. The van der Waals surface area contributed by atoms with Gasteiger partial charge in [-0.1, -0.05) is 30.4 Å². The molecule has 0 bridgehead atoms. The number of allylic oxidation sites excluding steroid dienone is 2. The molecule has 0 radical (unpaired) electrons. The zero-order chi connectivity index (χ0) is 23.5. The van der Waals surface area contributed by atoms with E-state index < -0.39 is 0 Å². The van der Waals surface area contributed by atoms with Crippen LogP contribution in [-0.4, -0.2) is 44.0 Å². The molecule has 2 N–H and O–H groups in total. The molecule has 8 heteroatoms. The highest BCUT2D eigenvalue weighted by molar-refractivity contribution is 6.05. The fourth-order valence-corrected chi connectivity index (χ4v) is 4.70. The van der Waals surface area contributed by atoms with Gasteiger partial charge in [-0.05, 0) is 48.7 Å². The number of benzene rings is 2. The predicted molar refractivity (Wildman–Crippen MR) is 128 cm³/mol. The van der Waals surface area contributed by atoms with Crippen LogP contribution < -0.4 is 20.7 Å². The molecule has 176 valence electrons. The third-order valence-electron chi connectivity index (χ3n) is 6.66. The molecule has 2 fully saturated rings. The molecule has 1 aliphatic carbocycles. The Morgan fingerprint density at radius 3 is 2.47 bits per heavy atom. The van der Waals surface area contributed by atoms with E-state index in [-0.39, 0.29) is 29.6 Å². The van der Waals surface area contributed by atoms with E-state index in [1.165, 1.54) is 5.01 Å². The monoisotopic (exact) mass is 460 g/mol. The van der Waals surface area contributed by atoms with Crippen LogP contribution >= 0.6 is 0 Å². The summed E-state index contributed by atoms with van der Waals surface area (Å²) in [6.07, 6.45) is 5.03. The first-order chi connectivity index (χ1) is 16.6. The van der Waals surface area contributed by atoms with Gasteiger partial charge in [-0.25, -0.2) is 5.01 Å². The van der Waals surface area contributed by atoms with Gasteiger partial charge in [0.1, 0.15) is 0 Å². The summed E-state index contributed by atoms with van der Waals surface area (Å²) in [6.45, 7) is 3.63. The van der Waals surface area contributed by atoms with E-state index in [0.717, 1.165) is 37.6 Å². The number of fused-ring (bicyclic) bond motifs is 1. The van der Waals surface area contributed by atoms with Crippen LogP contribution in [0.25, 0.3) is 0 Å². The van der Waals surface area contributed by atoms with Gasteiger partial charge in [0.2, 0.25) is 11.8 Å². The minimum atomic E-state index is -0.364. The van der Waals surface area contributed by atoms with E-state index in [1.807, 2.05) is 24.3 Å². The second kappa shape index (κ2) is 9.69. The first kappa shape index (κ1) is 22.2. The number of carbonyl (C=O) groups is 3. The van der Waals surface area contributed by atoms with Crippen LogP contribution in [0, 0.1) is 11.8 Å². The average Bonchev–Trinajstić information content (AvgIpc) is 2.90. The first-order valence-electron chi connectivity index (χ1n) is 11.7. The molecule has 2 aromatic rings. The predicted octanol–water partition coefficient (Wildman–Crippen LogP) is 2.41. The maximum atomic E-state index is 13.0. The normalized spacial score (nSPS) is 22.2. The molecular weight excluding hydrogens is 432 g/mol. The van der Waals surface area contributed by atoms with Gasteiger partial charge in [-0.2, -0.15) is 0 Å². The summed E-state index contributed by atoms with van der Waals surface area (Å²) >= 11 is 0. The summed E-state index contributed by atoms with van der Waals surface area (Å²) in [5.74, 6) is -1.24. The molecule has 2 unspecified atom stereocenters. The van der Waals surface area contributed by atoms with Crippen LogP contribution in [0.3, 0.4) is 0 Å². The number of hydrogen-bond acceptors (Lipinski definition) is 5. The van der Waals surface area contributed by atoms with Crippen molar-refractivity contribution >= 4 is 29.1 Å². The van der Waals surface area contributed by atoms with Gasteiger partial charge < -0.3 is 15.0 Å². The van der Waals surface area contributed by atoms with Gasteiger partial charge in [0, 0.05) is 30.9 Å². The van der Waals surface area contributed by atoms with Crippen LogP contribution in [0.5, 0.6) is 0 Å². The van der Waals surface area contributed by atoms with E-state index >= 15 is 0 Å². The van der Waals surface area contributed by atoms with Gasteiger partial charge in [0.15, 0.2) is 0 Å². The number of ether oxygens (including phenoxy) is 1. The van der Waals surface area contributed by atoms with E-state index in [4.69, 9.17) is 4.74 Å². The Kier molecular flexibility index (Phi) is 6.31. The number of nitrogens with one attached hydrogen (secondary N) is 2. The van der Waals surface area contributed by atoms with Crippen molar-refractivity contribution in [3.05, 3.63) is 71.8 Å². The number of rotatable bonds is 5. The number of anilines is 2. The maximum absolute atomic E-state index is 13.0. The molecular formula is C26H28N4O4. The Balaban J connectivity index is 1.23. The highest BCUT2D eigenvalue weighted by atomic mass is 16.5. The van der Waals surface area contributed by atoms with Crippen LogP contribution in [0.4, 0.5) is 11.4 Å². The molecule has 0 spiro atoms. The van der Waals surface area contributed by atoms with Gasteiger partial charge in [-0.3, -0.25) is 19.8 Å². The van der Waals surface area contributed by atoms with E-state index in [9.17, 15) is 14.4 Å². The molecule has 3 amide bonds. The lowest BCUT2D eigenvalue weighted by Crippen LogP contribution is -2.59. The second-order valence-electron chi connectivity index (χ2n) is 8.80. The zero-order valence-electron chi connectivity index (χ0n) is 18.9. The topological polar surface area (TPSA) is 91.0 Å². The summed E-state index contributed by atoms with van der Waals surface area (Å²) < 4.78 is 5.40. The Morgan fingerprint density at radius 2 is 1.71 bits per heavy atom. The first-order valence-corrected chi connectivity index (χ1v) is 11.7. The lowest BCUT2D eigenvalue weighted by atomic mass is 9.80. The largest absolute Gasteiger partial charge is 0.378 e. The number of hydrazine groups is 1. The van der Waals surface area contributed by atoms with Crippen LogP contribution in [0.1, 0.15) is 28.8 Å². The highest BCUT2D eigenvalue weighted by Crippen LogP contribution is 2.32. The van der Waals surface area contributed by atoms with Gasteiger partial charge in [0.05, 0.1) is 30.7 Å². The van der Waals surface area contributed by atoms with Crippen molar-refractivity contribution in [2.24, 2.45) is 11.8 Å². The second-order valence-corrected chi connectivity index (χ2v) is 8.80. The molecule has 0 aromatic heterocycles. The molecule has 2 aromatic carbocycles. The Labute approximate surface area is 198 Å². The van der Waals surface area contributed by atoms with Crippen LogP contribution in [0.15, 0.2) is 60.7 Å². The zero-order valence-corrected chi connectivity index (χ0v) is 18.9. The third-order valence-corrected chi connectivity index (χ3v) is 6.66. The standard InChI is InChI=1S/C26H28N4O4/c31-24(27-17-18-8-10-20(11-9-18)29-12-14-34-15-13-29)19-4-3-5-21(16-19)30-26(33)23-7-2-1-6-22(23)25(32)28-30/h1-5,8-11,16,22-23H,6-7,12-15,17H2,(H,27,31)(H,28,32). The molecule has 2 saturated heterocycles. The smallest absolute Gasteiger partial charge is 0.251 e. The molecule has 8 nitrogen and oxygen atoms in total. The number of amides is 3. The van der Waals surface area contributed by atoms with Crippen molar-refractivity contribution in [2.75, 3.05) is 36.2 Å². The number of hydrogen-bond donors (Lipinski definition) is 2. The summed E-state index contributed by atoms with van der Waals surface area (Å²) in [6, 6.07) is 14.9. The Hall–Kier alpha value is -3.65. The van der Waals surface area contributed by atoms with Crippen LogP contribution in [-0.2, 0) is 20.9 Å². The summed E-state index contributed by atoms with van der Waals surface area (Å²) in [5.41, 5.74) is 5.76. The summed E-state index contributed by atoms with van der Waals surface area (Å²) in [5, 5.41) is 4.22. The average molecular weight is 461 g/mol. The SMILES string of the molecule is O=C(NCc1ccc(N2CCOCC2)cc1)c1cccc(N2NC(=O)C3CC=CCC3C2=O)c1. The van der Waals surface area contributed by atoms with Crippen molar-refractivity contribution in [2.45, 2.75) is 19.4 Å². The maximum Gasteiger partial charge on any atom is 0.251 e.